The van der Waals surface area contributed by atoms with E-state index < -0.39 is 135 Å². The summed E-state index contributed by atoms with van der Waals surface area (Å²) in [5, 5.41) is 28.3. The van der Waals surface area contributed by atoms with Crippen molar-refractivity contribution in [3.63, 3.8) is 0 Å². The second kappa shape index (κ2) is 30.5. The summed E-state index contributed by atoms with van der Waals surface area (Å²) in [7, 11) is 3.62. The third-order valence-corrected chi connectivity index (χ3v) is 18.1. The SMILES string of the molecule is C[C@H](Oc1cc(O[C@H]2CCN(C(=O)OC(C)(C)C)[C@@](CC#N)([C@@H]3C[C@@H]([C@H](C)Oc4cc(O[C@H]5CCN(C(=O)OC(C)(C)C)[C@H](CC#N)C5)nc(/C(N)=N/OC(=O)C(C)(C)c5cccc(F)c5F)n4)N(C)C3)C2)nc(/C(N)=N/OC(=O)C(C)(C)c2ccc(F)cc2F)n1)[C@@H]1C[C@@H](F)CN1C. The number of carbonyl (C=O) groups excluding carboxylic acids is 4. The van der Waals surface area contributed by atoms with Gasteiger partial charge >= 0.3 is 24.1 Å². The minimum Gasteiger partial charge on any atom is -0.474 e. The van der Waals surface area contributed by atoms with Gasteiger partial charge in [-0.25, -0.2) is 41.1 Å². The Hall–Kier alpha value is -9.23. The van der Waals surface area contributed by atoms with Gasteiger partial charge in [-0.3, -0.25) is 9.80 Å². The number of nitrogens with zero attached hydrogens (tertiary/aromatic N) is 12. The molecule has 26 nitrogen and oxygen atoms in total. The number of carbonyl (C=O) groups is 4. The van der Waals surface area contributed by atoms with Crippen LogP contribution >= 0.6 is 0 Å². The fourth-order valence-electron chi connectivity index (χ4n) is 12.9. The topological polar surface area (TPSA) is 331 Å². The molecule has 6 heterocycles. The first kappa shape index (κ1) is 75.5. The van der Waals surface area contributed by atoms with E-state index in [1.54, 1.807) is 67.3 Å². The number of piperidine rings is 2. The zero-order chi connectivity index (χ0) is 72.9. The smallest absolute Gasteiger partial charge is 0.410 e. The van der Waals surface area contributed by atoms with Gasteiger partial charge in [0.1, 0.15) is 53.4 Å². The van der Waals surface area contributed by atoms with Crippen LogP contribution in [0.5, 0.6) is 23.5 Å². The van der Waals surface area contributed by atoms with Crippen molar-refractivity contribution in [2.75, 3.05) is 40.3 Å². The molecule has 0 aliphatic carbocycles. The summed E-state index contributed by atoms with van der Waals surface area (Å²) in [5.74, 6) is -9.13. The number of aromatic nitrogens is 4. The number of ether oxygens (including phenoxy) is 6. The van der Waals surface area contributed by atoms with Gasteiger partial charge < -0.3 is 59.4 Å². The Balaban J connectivity index is 1.09. The molecule has 8 rings (SSSR count). The van der Waals surface area contributed by atoms with Crippen molar-refractivity contribution >= 4 is 35.8 Å². The number of halogens is 5. The molecule has 10 atom stereocenters. The molecule has 536 valence electrons. The van der Waals surface area contributed by atoms with E-state index in [0.29, 0.717) is 19.0 Å². The highest BCUT2D eigenvalue weighted by Crippen LogP contribution is 2.46. The number of likely N-dealkylation sites (N-methyl/N-ethyl adjacent to an activating group) is 2. The lowest BCUT2D eigenvalue weighted by atomic mass is 9.72. The van der Waals surface area contributed by atoms with Gasteiger partial charge in [0.15, 0.2) is 11.6 Å². The van der Waals surface area contributed by atoms with Gasteiger partial charge in [0.05, 0.1) is 59.5 Å². The fraction of sp³-hybridized carbons (Fsp3) is 0.588. The van der Waals surface area contributed by atoms with E-state index in [-0.39, 0.29) is 117 Å². The van der Waals surface area contributed by atoms with Crippen LogP contribution in [0.3, 0.4) is 0 Å². The van der Waals surface area contributed by atoms with Crippen LogP contribution in [0.4, 0.5) is 31.5 Å². The van der Waals surface area contributed by atoms with E-state index in [1.807, 2.05) is 16.8 Å². The van der Waals surface area contributed by atoms with Gasteiger partial charge in [0.25, 0.3) is 0 Å². The predicted molar refractivity (Wildman–Crippen MR) is 347 cm³/mol. The van der Waals surface area contributed by atoms with Crippen molar-refractivity contribution in [2.24, 2.45) is 27.7 Å². The largest absolute Gasteiger partial charge is 0.474 e. The maximum atomic E-state index is 15.0. The average molecular weight is 1390 g/mol. The number of hydrogen-bond acceptors (Lipinski definition) is 22. The van der Waals surface area contributed by atoms with Gasteiger partial charge in [0, 0.05) is 81.1 Å². The van der Waals surface area contributed by atoms with Crippen molar-refractivity contribution in [2.45, 2.75) is 211 Å². The van der Waals surface area contributed by atoms with Gasteiger partial charge in [-0.2, -0.15) is 30.5 Å². The van der Waals surface area contributed by atoms with Crippen LogP contribution in [0, 0.1) is 51.8 Å². The minimum absolute atomic E-state index is 0.0280. The molecule has 99 heavy (non-hydrogen) atoms. The highest BCUT2D eigenvalue weighted by Gasteiger charge is 2.55. The maximum absolute atomic E-state index is 15.0. The van der Waals surface area contributed by atoms with Crippen LogP contribution in [0.25, 0.3) is 0 Å². The molecule has 31 heteroatoms. The van der Waals surface area contributed by atoms with Gasteiger partial charge in [-0.15, -0.1) is 0 Å². The second-order valence-electron chi connectivity index (χ2n) is 28.6. The lowest BCUT2D eigenvalue weighted by Gasteiger charge is -2.51. The molecule has 4 aliphatic heterocycles. The zero-order valence-corrected chi connectivity index (χ0v) is 58.1. The molecule has 4 aliphatic rings. The molecule has 0 saturated carbocycles. The molecule has 0 radical (unpaired) electrons. The summed E-state index contributed by atoms with van der Waals surface area (Å²) in [6.07, 6.45) is -4.35. The van der Waals surface area contributed by atoms with E-state index in [2.05, 4.69) is 42.4 Å². The molecular weight excluding hydrogens is 1300 g/mol. The number of nitriles is 2. The normalized spacial score (nSPS) is 23.5. The van der Waals surface area contributed by atoms with Gasteiger partial charge in [-0.1, -0.05) is 28.5 Å². The molecule has 0 unspecified atom stereocenters. The molecule has 0 bridgehead atoms. The minimum atomic E-state index is -1.77. The monoisotopic (exact) mass is 1390 g/mol. The Morgan fingerprint density at radius 3 is 1.72 bits per heavy atom. The quantitative estimate of drug-likeness (QED) is 0.0258. The van der Waals surface area contributed by atoms with E-state index in [0.717, 1.165) is 18.2 Å². The predicted octanol–water partition coefficient (Wildman–Crippen LogP) is 9.19. The average Bonchev–Trinajstić information content (AvgIpc) is 1.72. The summed E-state index contributed by atoms with van der Waals surface area (Å²) in [6, 6.07) is 11.9. The van der Waals surface area contributed by atoms with E-state index in [9.17, 15) is 47.3 Å². The lowest BCUT2D eigenvalue weighted by molar-refractivity contribution is -0.150. The molecule has 0 spiro atoms. The van der Waals surface area contributed by atoms with Crippen LogP contribution < -0.4 is 30.4 Å². The first-order valence-electron chi connectivity index (χ1n) is 32.6. The number of nitrogens with two attached hydrogens (primary N) is 2. The number of alkyl halides is 1. The highest BCUT2D eigenvalue weighted by atomic mass is 19.2. The van der Waals surface area contributed by atoms with Crippen LogP contribution in [0.1, 0.15) is 157 Å². The van der Waals surface area contributed by atoms with Crippen molar-refractivity contribution in [3.05, 3.63) is 94.6 Å². The Labute approximate surface area is 572 Å². The number of amidine groups is 2. The molecule has 4 aromatic rings. The molecule has 4 N–H and O–H groups in total. The zero-order valence-electron chi connectivity index (χ0n) is 58.1. The highest BCUT2D eigenvalue weighted by molar-refractivity contribution is 5.95. The Bertz CT molecular complexity index is 3780. The number of rotatable bonds is 21. The summed E-state index contributed by atoms with van der Waals surface area (Å²) >= 11 is 0. The Kier molecular flexibility index (Phi) is 23.3. The first-order valence-corrected chi connectivity index (χ1v) is 32.6. The molecular formula is C68H87F5N14O12. The number of likely N-dealkylation sites (tertiary alicyclic amines) is 4. The summed E-state index contributed by atoms with van der Waals surface area (Å²) in [6.45, 7) is 19.9. The summed E-state index contributed by atoms with van der Waals surface area (Å²) in [5.41, 5.74) is 5.86. The molecule has 2 aromatic carbocycles. The van der Waals surface area contributed by atoms with Gasteiger partial charge in [-0.05, 0) is 128 Å². The standard InChI is InChI=1S/C68H87F5N14O12/c1-37(92-51-32-53(94-43-21-26-86(42(31-43)20-24-74)62(90)96-64(3,4)5)80-58(78-51)56(76)83-99-61(89)67(11,12)46-16-15-17-47(71)55(46)73)49-28-39(35-84(49)13)68(23-25-75)34-44(22-27-87(68)63(91)97-65(6,7)8)95-54-33-52(93-38(2)50-30-41(70)36-85(50)14)79-59(81-54)57(77)82-98-60(88)66(9,10)45-19-18-40(69)29-48(45)72/h15-19,29,32-33,37-39,41-44,49-50H,20-23,26-28,30-31,34-36H2,1-14H3,(H2,76,83)(H2,77,82)/t37-,38-,39+,41+,42+,43-,44-,49-,50-,68+/m0/s1. The lowest BCUT2D eigenvalue weighted by Crippen LogP contribution is -2.63. The van der Waals surface area contributed by atoms with Crippen molar-refractivity contribution in [3.8, 4) is 35.7 Å². The van der Waals surface area contributed by atoms with Crippen LogP contribution in [-0.2, 0) is 39.6 Å². The van der Waals surface area contributed by atoms with E-state index in [4.69, 9.17) is 49.6 Å². The van der Waals surface area contributed by atoms with Crippen molar-refractivity contribution in [1.82, 2.24) is 39.5 Å². The summed E-state index contributed by atoms with van der Waals surface area (Å²) in [4.78, 5) is 90.4. The molecule has 4 fully saturated rings. The van der Waals surface area contributed by atoms with E-state index >= 15 is 4.39 Å². The second-order valence-corrected chi connectivity index (χ2v) is 28.6. The van der Waals surface area contributed by atoms with Gasteiger partial charge in [0.2, 0.25) is 46.8 Å². The third kappa shape index (κ3) is 18.2. The first-order chi connectivity index (χ1) is 46.3. The number of hydrogen-bond donors (Lipinski definition) is 2. The Morgan fingerprint density at radius 2 is 1.18 bits per heavy atom. The number of amides is 2. The number of benzene rings is 2. The van der Waals surface area contributed by atoms with Crippen LogP contribution in [-0.4, -0.2) is 181 Å². The van der Waals surface area contributed by atoms with Crippen LogP contribution in [0.15, 0.2) is 58.8 Å². The molecule has 2 aromatic heterocycles. The van der Waals surface area contributed by atoms with Crippen molar-refractivity contribution in [1.29, 1.82) is 10.5 Å². The molecule has 4 saturated heterocycles. The van der Waals surface area contributed by atoms with E-state index in [1.165, 1.54) is 56.9 Å². The number of oxime groups is 2. The molecule has 2 amide bonds. The van der Waals surface area contributed by atoms with Crippen molar-refractivity contribution < 1.29 is 79.2 Å². The maximum Gasteiger partial charge on any atom is 0.410 e. The fourth-order valence-corrected chi connectivity index (χ4v) is 12.9. The third-order valence-electron chi connectivity index (χ3n) is 18.1. The Morgan fingerprint density at radius 1 is 0.657 bits per heavy atom. The van der Waals surface area contributed by atoms with Crippen LogP contribution in [0.2, 0.25) is 0 Å². The summed E-state index contributed by atoms with van der Waals surface area (Å²) < 4.78 is 111.